The number of hydrogen-bond donors (Lipinski definition) is 2. The second kappa shape index (κ2) is 5.82. The van der Waals surface area contributed by atoms with E-state index in [2.05, 4.69) is 10.4 Å². The minimum absolute atomic E-state index is 0.0440. The molecule has 9 heteroatoms. The fourth-order valence-corrected chi connectivity index (χ4v) is 1.61. The number of anilines is 1. The molecule has 21 heavy (non-hydrogen) atoms. The van der Waals surface area contributed by atoms with Crippen LogP contribution in [0.2, 0.25) is 0 Å². The van der Waals surface area contributed by atoms with Gasteiger partial charge in [-0.05, 0) is 23.1 Å². The Morgan fingerprint density at radius 1 is 1.38 bits per heavy atom. The highest BCUT2D eigenvalue weighted by Crippen LogP contribution is 2.11. The predicted octanol–water partition coefficient (Wildman–Crippen LogP) is 1.13. The number of hydrogen-bond acceptors (Lipinski definition) is 5. The molecule has 108 valence electrons. The molecule has 0 atom stereocenters. The first-order chi connectivity index (χ1) is 9.95. The molecule has 2 aromatic rings. The average molecular weight is 290 g/mol. The number of carbonyl (C=O) groups excluding carboxylic acids is 1. The van der Waals surface area contributed by atoms with E-state index in [0.29, 0.717) is 5.69 Å². The van der Waals surface area contributed by atoms with Crippen LogP contribution in [0.25, 0.3) is 0 Å². The first-order valence-electron chi connectivity index (χ1n) is 5.77. The molecule has 0 aliphatic carbocycles. The van der Waals surface area contributed by atoms with Gasteiger partial charge in [-0.1, -0.05) is 6.07 Å². The topological polar surface area (TPSA) is 127 Å². The van der Waals surface area contributed by atoms with E-state index in [1.54, 1.807) is 0 Å². The summed E-state index contributed by atoms with van der Waals surface area (Å²) in [6.07, 6.45) is 1.31. The minimum Gasteiger partial charge on any atom is -0.478 e. The number of carboxylic acids is 1. The molecular formula is C12H10N4O5. The number of benzene rings is 1. The van der Waals surface area contributed by atoms with Gasteiger partial charge in [0.05, 0.1) is 22.9 Å². The molecule has 2 rings (SSSR count). The third-order valence-corrected chi connectivity index (χ3v) is 2.51. The molecule has 0 bridgehead atoms. The number of nitrogens with one attached hydrogen (secondary N) is 1. The van der Waals surface area contributed by atoms with Crippen LogP contribution in [-0.2, 0) is 11.3 Å². The van der Waals surface area contributed by atoms with Gasteiger partial charge in [0.2, 0.25) is 5.91 Å². The molecule has 0 saturated carbocycles. The highest BCUT2D eigenvalue weighted by molar-refractivity contribution is 5.93. The molecule has 0 aliphatic rings. The number of nitro groups is 1. The molecule has 0 spiro atoms. The van der Waals surface area contributed by atoms with Gasteiger partial charge in [0, 0.05) is 5.69 Å². The van der Waals surface area contributed by atoms with Crippen LogP contribution in [0.4, 0.5) is 11.5 Å². The Morgan fingerprint density at radius 3 is 2.76 bits per heavy atom. The average Bonchev–Trinajstić information content (AvgIpc) is 2.87. The zero-order valence-corrected chi connectivity index (χ0v) is 10.6. The van der Waals surface area contributed by atoms with Crippen molar-refractivity contribution in [3.05, 3.63) is 52.2 Å². The van der Waals surface area contributed by atoms with Crippen LogP contribution < -0.4 is 5.32 Å². The third kappa shape index (κ3) is 3.62. The molecule has 0 aliphatic heterocycles. The lowest BCUT2D eigenvalue weighted by molar-refractivity contribution is -0.389. The molecule has 1 aromatic heterocycles. The van der Waals surface area contributed by atoms with Crippen LogP contribution in [-0.4, -0.2) is 31.7 Å². The van der Waals surface area contributed by atoms with E-state index in [9.17, 15) is 19.7 Å². The van der Waals surface area contributed by atoms with Gasteiger partial charge < -0.3 is 20.5 Å². The van der Waals surface area contributed by atoms with Crippen molar-refractivity contribution in [1.82, 2.24) is 9.78 Å². The molecule has 0 saturated heterocycles. The Bertz CT molecular complexity index is 709. The van der Waals surface area contributed by atoms with Crippen molar-refractivity contribution < 1.29 is 19.6 Å². The molecule has 9 nitrogen and oxygen atoms in total. The van der Waals surface area contributed by atoms with Crippen LogP contribution >= 0.6 is 0 Å². The predicted molar refractivity (Wildman–Crippen MR) is 70.9 cm³/mol. The Morgan fingerprint density at radius 2 is 2.14 bits per heavy atom. The van der Waals surface area contributed by atoms with Crippen LogP contribution in [0.15, 0.2) is 36.5 Å². The van der Waals surface area contributed by atoms with E-state index in [1.807, 2.05) is 0 Å². The van der Waals surface area contributed by atoms with Crippen LogP contribution in [0.1, 0.15) is 10.4 Å². The van der Waals surface area contributed by atoms with Crippen LogP contribution in [0, 0.1) is 10.1 Å². The third-order valence-electron chi connectivity index (χ3n) is 2.51. The SMILES string of the molecule is O=C(Cn1ccc([N+](=O)[O-])n1)Nc1cccc(C(=O)O)c1. The zero-order valence-electron chi connectivity index (χ0n) is 10.6. The van der Waals surface area contributed by atoms with Gasteiger partial charge in [0.15, 0.2) is 0 Å². The number of carboxylic acid groups (broad SMARTS) is 1. The van der Waals surface area contributed by atoms with Gasteiger partial charge >= 0.3 is 11.8 Å². The van der Waals surface area contributed by atoms with Crippen LogP contribution in [0.3, 0.4) is 0 Å². The molecule has 2 N–H and O–H groups in total. The molecule has 0 fully saturated rings. The van der Waals surface area contributed by atoms with Gasteiger partial charge in [-0.15, -0.1) is 0 Å². The lowest BCUT2D eigenvalue weighted by atomic mass is 10.2. The molecule has 1 amide bonds. The van der Waals surface area contributed by atoms with E-state index in [0.717, 1.165) is 4.68 Å². The van der Waals surface area contributed by atoms with E-state index in [1.165, 1.54) is 36.5 Å². The summed E-state index contributed by atoms with van der Waals surface area (Å²) in [5.41, 5.74) is 0.365. The normalized spacial score (nSPS) is 10.1. The van der Waals surface area contributed by atoms with Gasteiger partial charge in [-0.2, -0.15) is 4.68 Å². The smallest absolute Gasteiger partial charge is 0.389 e. The summed E-state index contributed by atoms with van der Waals surface area (Å²) in [6.45, 7) is -0.217. The first kappa shape index (κ1) is 14.2. The molecule has 0 unspecified atom stereocenters. The Labute approximate surface area is 118 Å². The van der Waals surface area contributed by atoms with E-state index in [4.69, 9.17) is 5.11 Å². The van der Waals surface area contributed by atoms with Crippen molar-refractivity contribution >= 4 is 23.4 Å². The number of nitrogens with zero attached hydrogens (tertiary/aromatic N) is 3. The quantitative estimate of drug-likeness (QED) is 0.627. The molecular weight excluding hydrogens is 280 g/mol. The van der Waals surface area contributed by atoms with Gasteiger partial charge in [0.1, 0.15) is 6.54 Å². The number of amides is 1. The van der Waals surface area contributed by atoms with Crippen molar-refractivity contribution in [1.29, 1.82) is 0 Å². The number of carbonyl (C=O) groups is 2. The highest BCUT2D eigenvalue weighted by Gasteiger charge is 2.13. The first-order valence-corrected chi connectivity index (χ1v) is 5.77. The van der Waals surface area contributed by atoms with Crippen molar-refractivity contribution in [2.45, 2.75) is 6.54 Å². The van der Waals surface area contributed by atoms with Crippen molar-refractivity contribution in [3.63, 3.8) is 0 Å². The maximum absolute atomic E-state index is 11.8. The summed E-state index contributed by atoms with van der Waals surface area (Å²) in [7, 11) is 0. The Hall–Kier alpha value is -3.23. The number of aromatic carboxylic acids is 1. The standard InChI is InChI=1S/C12H10N4O5/c17-11(7-15-5-4-10(14-15)16(20)21)13-9-3-1-2-8(6-9)12(18)19/h1-6H,7H2,(H,13,17)(H,18,19). The molecule has 1 aromatic carbocycles. The largest absolute Gasteiger partial charge is 0.478 e. The maximum atomic E-state index is 11.8. The number of rotatable bonds is 5. The summed E-state index contributed by atoms with van der Waals surface area (Å²) >= 11 is 0. The molecule has 0 radical (unpaired) electrons. The van der Waals surface area contributed by atoms with Crippen molar-refractivity contribution in [3.8, 4) is 0 Å². The summed E-state index contributed by atoms with van der Waals surface area (Å²) in [5, 5.41) is 25.4. The van der Waals surface area contributed by atoms with Crippen molar-refractivity contribution in [2.75, 3.05) is 5.32 Å². The zero-order chi connectivity index (χ0) is 15.4. The summed E-state index contributed by atoms with van der Waals surface area (Å²) in [4.78, 5) is 32.4. The monoisotopic (exact) mass is 290 g/mol. The second-order valence-corrected chi connectivity index (χ2v) is 4.06. The lowest BCUT2D eigenvalue weighted by Gasteiger charge is -2.04. The summed E-state index contributed by atoms with van der Waals surface area (Å²) < 4.78 is 1.12. The summed E-state index contributed by atoms with van der Waals surface area (Å²) in [5.74, 6) is -1.93. The van der Waals surface area contributed by atoms with Gasteiger partial charge in [0.25, 0.3) is 0 Å². The fourth-order valence-electron chi connectivity index (χ4n) is 1.61. The minimum atomic E-state index is -1.10. The lowest BCUT2D eigenvalue weighted by Crippen LogP contribution is -2.19. The number of aromatic nitrogens is 2. The van der Waals surface area contributed by atoms with E-state index in [-0.39, 0.29) is 17.9 Å². The van der Waals surface area contributed by atoms with Crippen LogP contribution in [0.5, 0.6) is 0 Å². The summed E-state index contributed by atoms with van der Waals surface area (Å²) in [6, 6.07) is 6.92. The maximum Gasteiger partial charge on any atom is 0.389 e. The highest BCUT2D eigenvalue weighted by atomic mass is 16.6. The van der Waals surface area contributed by atoms with E-state index < -0.39 is 16.8 Å². The fraction of sp³-hybridized carbons (Fsp3) is 0.0833. The Kier molecular flexibility index (Phi) is 3.93. The van der Waals surface area contributed by atoms with Gasteiger partial charge in [-0.3, -0.25) is 4.79 Å². The second-order valence-electron chi connectivity index (χ2n) is 4.06. The van der Waals surface area contributed by atoms with E-state index >= 15 is 0 Å². The molecule has 1 heterocycles. The Balaban J connectivity index is 2.02. The van der Waals surface area contributed by atoms with Crippen molar-refractivity contribution in [2.24, 2.45) is 0 Å². The van der Waals surface area contributed by atoms with Gasteiger partial charge in [-0.25, -0.2) is 4.79 Å².